The zero-order valence-electron chi connectivity index (χ0n) is 12.5. The van der Waals surface area contributed by atoms with Crippen molar-refractivity contribution in [3.05, 3.63) is 28.5 Å². The molecule has 1 aromatic rings. The number of nitrogens with one attached hydrogen (secondary N) is 1. The maximum absolute atomic E-state index is 13.3. The first-order chi connectivity index (χ1) is 11.2. The summed E-state index contributed by atoms with van der Waals surface area (Å²) in [5, 5.41) is 2.50. The van der Waals surface area contributed by atoms with Gasteiger partial charge in [0, 0.05) is 24.6 Å². The normalized spacial score (nSPS) is 21.9. The first kappa shape index (κ1) is 16.9. The van der Waals surface area contributed by atoms with Crippen molar-refractivity contribution in [2.75, 3.05) is 6.54 Å². The summed E-state index contributed by atoms with van der Waals surface area (Å²) in [7, 11) is 0. The summed E-state index contributed by atoms with van der Waals surface area (Å²) in [6.07, 6.45) is 0.154. The van der Waals surface area contributed by atoms with E-state index >= 15 is 0 Å². The Morgan fingerprint density at radius 3 is 2.50 bits per heavy atom. The van der Waals surface area contributed by atoms with Gasteiger partial charge in [0.25, 0.3) is 5.91 Å². The fourth-order valence-corrected chi connectivity index (χ4v) is 3.21. The van der Waals surface area contributed by atoms with Gasteiger partial charge in [0.15, 0.2) is 5.78 Å². The van der Waals surface area contributed by atoms with E-state index in [9.17, 15) is 23.2 Å². The van der Waals surface area contributed by atoms with E-state index in [1.165, 1.54) is 12.3 Å². The average Bonchev–Trinajstić information content (AvgIpc) is 2.76. The van der Waals surface area contributed by atoms with Crippen LogP contribution in [0.4, 0.5) is 13.6 Å². The third-order valence-electron chi connectivity index (χ3n) is 4.43. The Morgan fingerprint density at radius 1 is 1.25 bits per heavy atom. The zero-order valence-corrected chi connectivity index (χ0v) is 14.1. The van der Waals surface area contributed by atoms with Gasteiger partial charge in [-0.1, -0.05) is 0 Å². The van der Waals surface area contributed by atoms with Gasteiger partial charge in [-0.05, 0) is 40.9 Å². The molecule has 1 spiro atoms. The van der Waals surface area contributed by atoms with E-state index in [2.05, 4.69) is 26.2 Å². The third kappa shape index (κ3) is 3.04. The molecular formula is C15H14BrF2N3O3. The topological polar surface area (TPSA) is 79.4 Å². The third-order valence-corrected chi connectivity index (χ3v) is 4.90. The number of alkyl halides is 2. The Hall–Kier alpha value is -1.90. The molecule has 1 N–H and O–H groups in total. The van der Waals surface area contributed by atoms with Crippen molar-refractivity contribution in [2.45, 2.75) is 37.1 Å². The number of ketones is 1. The van der Waals surface area contributed by atoms with E-state index in [0.29, 0.717) is 4.60 Å². The van der Waals surface area contributed by atoms with Crippen LogP contribution in [0.5, 0.6) is 0 Å². The Labute approximate surface area is 144 Å². The lowest BCUT2D eigenvalue weighted by molar-refractivity contribution is -0.135. The highest BCUT2D eigenvalue weighted by atomic mass is 79.9. The minimum Gasteiger partial charge on any atom is -0.323 e. The van der Waals surface area contributed by atoms with Crippen LogP contribution in [0, 0.1) is 0 Å². The smallest absolute Gasteiger partial charge is 0.323 e. The zero-order chi connectivity index (χ0) is 17.5. The van der Waals surface area contributed by atoms with Gasteiger partial charge < -0.3 is 5.32 Å². The number of carbonyl (C=O) groups is 3. The second-order valence-corrected chi connectivity index (χ2v) is 6.86. The average molecular weight is 402 g/mol. The second kappa shape index (κ2) is 5.87. The van der Waals surface area contributed by atoms with Crippen LogP contribution in [-0.4, -0.2) is 45.6 Å². The summed E-state index contributed by atoms with van der Waals surface area (Å²) in [5.74, 6) is -3.87. The molecule has 2 heterocycles. The number of amides is 3. The van der Waals surface area contributed by atoms with Crippen molar-refractivity contribution in [2.24, 2.45) is 0 Å². The SMILES string of the molecule is O=C(CN1C(=O)NC2(CCC(F)(F)CC2)C1=O)c1ccc(Br)nc1. The predicted molar refractivity (Wildman–Crippen MR) is 82.7 cm³/mol. The number of Topliss-reactive ketones (excluding diaryl/α,β-unsaturated/α-hetero) is 1. The number of hydrogen-bond acceptors (Lipinski definition) is 4. The first-order valence-corrected chi connectivity index (χ1v) is 8.18. The molecule has 2 fully saturated rings. The maximum atomic E-state index is 13.3. The fraction of sp³-hybridized carbons (Fsp3) is 0.467. The lowest BCUT2D eigenvalue weighted by atomic mass is 9.80. The molecule has 1 aliphatic heterocycles. The number of rotatable bonds is 3. The van der Waals surface area contributed by atoms with Crippen LogP contribution in [0.3, 0.4) is 0 Å². The van der Waals surface area contributed by atoms with Crippen molar-refractivity contribution in [1.29, 1.82) is 0 Å². The summed E-state index contributed by atoms with van der Waals surface area (Å²) in [6, 6.07) is 2.38. The van der Waals surface area contributed by atoms with E-state index in [0.717, 1.165) is 4.90 Å². The highest BCUT2D eigenvalue weighted by molar-refractivity contribution is 9.10. The van der Waals surface area contributed by atoms with Crippen LogP contribution in [-0.2, 0) is 4.79 Å². The molecule has 0 bridgehead atoms. The molecule has 2 aliphatic rings. The number of pyridine rings is 1. The van der Waals surface area contributed by atoms with Gasteiger partial charge in [0.2, 0.25) is 5.92 Å². The number of imide groups is 1. The molecule has 1 aliphatic carbocycles. The number of hydrogen-bond donors (Lipinski definition) is 1. The van der Waals surface area contributed by atoms with Crippen LogP contribution in [0.2, 0.25) is 0 Å². The highest BCUT2D eigenvalue weighted by Crippen LogP contribution is 2.41. The first-order valence-electron chi connectivity index (χ1n) is 7.39. The van der Waals surface area contributed by atoms with E-state index in [1.54, 1.807) is 6.07 Å². The summed E-state index contributed by atoms with van der Waals surface area (Å²) < 4.78 is 27.2. The van der Waals surface area contributed by atoms with Crippen molar-refractivity contribution >= 4 is 33.7 Å². The molecule has 3 amide bonds. The largest absolute Gasteiger partial charge is 0.325 e. The molecule has 3 rings (SSSR count). The highest BCUT2D eigenvalue weighted by Gasteiger charge is 2.55. The van der Waals surface area contributed by atoms with Gasteiger partial charge in [-0.3, -0.25) is 14.5 Å². The van der Waals surface area contributed by atoms with Crippen LogP contribution in [0.15, 0.2) is 22.9 Å². The Balaban J connectivity index is 1.73. The molecule has 128 valence electrons. The van der Waals surface area contributed by atoms with Gasteiger partial charge in [-0.2, -0.15) is 0 Å². The van der Waals surface area contributed by atoms with Gasteiger partial charge >= 0.3 is 6.03 Å². The molecule has 0 aromatic carbocycles. The Morgan fingerprint density at radius 2 is 1.92 bits per heavy atom. The summed E-state index contributed by atoms with van der Waals surface area (Å²) in [5.41, 5.74) is -1.05. The van der Waals surface area contributed by atoms with E-state index < -0.39 is 48.6 Å². The second-order valence-electron chi connectivity index (χ2n) is 6.05. The minimum absolute atomic E-state index is 0.130. The van der Waals surface area contributed by atoms with Crippen LogP contribution >= 0.6 is 15.9 Å². The standard InChI is InChI=1S/C15H14BrF2N3O3/c16-11-2-1-9(7-19-11)10(22)8-21-12(23)14(20-13(21)24)3-5-15(17,18)6-4-14/h1-2,7H,3-6,8H2,(H,20,24). The molecule has 0 radical (unpaired) electrons. The summed E-state index contributed by atoms with van der Waals surface area (Å²) >= 11 is 3.15. The number of nitrogens with zero attached hydrogens (tertiary/aromatic N) is 2. The van der Waals surface area contributed by atoms with Gasteiger partial charge in [0.05, 0.1) is 6.54 Å². The minimum atomic E-state index is -2.82. The molecule has 9 heteroatoms. The summed E-state index contributed by atoms with van der Waals surface area (Å²) in [4.78, 5) is 41.6. The van der Waals surface area contributed by atoms with Gasteiger partial charge in [-0.15, -0.1) is 0 Å². The van der Waals surface area contributed by atoms with Crippen LogP contribution in [0.25, 0.3) is 0 Å². The quantitative estimate of drug-likeness (QED) is 0.479. The van der Waals surface area contributed by atoms with Crippen LogP contribution in [0.1, 0.15) is 36.0 Å². The number of halogens is 3. The van der Waals surface area contributed by atoms with E-state index in [1.807, 2.05) is 0 Å². The fourth-order valence-electron chi connectivity index (χ4n) is 2.98. The molecular weight excluding hydrogens is 388 g/mol. The van der Waals surface area contributed by atoms with Crippen molar-refractivity contribution in [1.82, 2.24) is 15.2 Å². The maximum Gasteiger partial charge on any atom is 0.325 e. The van der Waals surface area contributed by atoms with E-state index in [-0.39, 0.29) is 18.4 Å². The molecule has 1 saturated heterocycles. The van der Waals surface area contributed by atoms with Gasteiger partial charge in [0.1, 0.15) is 10.1 Å². The van der Waals surface area contributed by atoms with E-state index in [4.69, 9.17) is 0 Å². The molecule has 1 saturated carbocycles. The number of urea groups is 1. The predicted octanol–water partition coefficient (Wildman–Crippen LogP) is 2.53. The monoisotopic (exact) mass is 401 g/mol. The van der Waals surface area contributed by atoms with Crippen molar-refractivity contribution in [3.63, 3.8) is 0 Å². The van der Waals surface area contributed by atoms with Crippen LogP contribution < -0.4 is 5.32 Å². The molecule has 24 heavy (non-hydrogen) atoms. The molecule has 1 aromatic heterocycles. The molecule has 0 unspecified atom stereocenters. The van der Waals surface area contributed by atoms with Gasteiger partial charge in [-0.25, -0.2) is 18.6 Å². The Kier molecular flexibility index (Phi) is 4.15. The lowest BCUT2D eigenvalue weighted by Crippen LogP contribution is -2.51. The van der Waals surface area contributed by atoms with Crippen molar-refractivity contribution in [3.8, 4) is 0 Å². The van der Waals surface area contributed by atoms with Crippen molar-refractivity contribution < 1.29 is 23.2 Å². The lowest BCUT2D eigenvalue weighted by Gasteiger charge is -2.34. The molecule has 0 atom stereocenters. The summed E-state index contributed by atoms with van der Waals surface area (Å²) in [6.45, 7) is -0.438. The number of carbonyl (C=O) groups excluding carboxylic acids is 3. The number of aromatic nitrogens is 1. The molecule has 6 nitrogen and oxygen atoms in total. The Bertz CT molecular complexity index is 698.